The maximum atomic E-state index is 10.9. The first-order valence-corrected chi connectivity index (χ1v) is 3.34. The van der Waals surface area contributed by atoms with E-state index in [1.807, 2.05) is 5.43 Å². The molecule has 0 fully saturated rings. The van der Waals surface area contributed by atoms with E-state index in [-0.39, 0.29) is 5.91 Å². The number of carbonyl (C=O) groups is 1. The first kappa shape index (κ1) is 7.90. The fourth-order valence-corrected chi connectivity index (χ4v) is 0.864. The predicted molar refractivity (Wildman–Crippen MR) is 43.3 cm³/mol. The number of aromatic nitrogens is 1. The van der Waals surface area contributed by atoms with Gasteiger partial charge in [0.25, 0.3) is 5.91 Å². The highest BCUT2D eigenvalue weighted by atomic mass is 32.1. The minimum atomic E-state index is -0.342. The lowest BCUT2D eigenvalue weighted by Crippen LogP contribution is -2.29. The van der Waals surface area contributed by atoms with Gasteiger partial charge in [-0.05, 0) is 12.1 Å². The maximum Gasteiger partial charge on any atom is 0.265 e. The Bertz CT molecular complexity index is 320. The van der Waals surface area contributed by atoms with Crippen LogP contribution in [0, 0.1) is 4.64 Å². The van der Waals surface area contributed by atoms with E-state index in [9.17, 15) is 4.79 Å². The minimum absolute atomic E-state index is 0.342. The number of nitrogens with two attached hydrogens (primary N) is 1. The van der Waals surface area contributed by atoms with Crippen molar-refractivity contribution < 1.29 is 4.79 Å². The Labute approximate surface area is 68.4 Å². The second-order valence-electron chi connectivity index (χ2n) is 1.92. The van der Waals surface area contributed by atoms with Crippen LogP contribution in [0.5, 0.6) is 0 Å². The lowest BCUT2D eigenvalue weighted by Gasteiger charge is -1.96. The number of aromatic amines is 1. The fraction of sp³-hybridized carbons (Fsp3) is 0. The highest BCUT2D eigenvalue weighted by Gasteiger charge is 2.00. The summed E-state index contributed by atoms with van der Waals surface area (Å²) >= 11 is 4.79. The zero-order valence-corrected chi connectivity index (χ0v) is 6.44. The smallest absolute Gasteiger partial charge is 0.265 e. The molecule has 1 heterocycles. The molecule has 1 rings (SSSR count). The van der Waals surface area contributed by atoms with Crippen molar-refractivity contribution in [3.05, 3.63) is 28.5 Å². The van der Waals surface area contributed by atoms with Gasteiger partial charge in [0, 0.05) is 11.8 Å². The van der Waals surface area contributed by atoms with E-state index in [0.29, 0.717) is 10.2 Å². The van der Waals surface area contributed by atoms with Crippen LogP contribution in [0.2, 0.25) is 0 Å². The summed E-state index contributed by atoms with van der Waals surface area (Å²) in [7, 11) is 0. The maximum absolute atomic E-state index is 10.9. The molecule has 0 aliphatic heterocycles. The van der Waals surface area contributed by atoms with Crippen LogP contribution in [0.15, 0.2) is 18.3 Å². The first-order valence-electron chi connectivity index (χ1n) is 2.93. The monoisotopic (exact) mass is 169 g/mol. The van der Waals surface area contributed by atoms with E-state index >= 15 is 0 Å². The third-order valence-electron chi connectivity index (χ3n) is 1.17. The number of hydrogen-bond acceptors (Lipinski definition) is 3. The number of amides is 1. The van der Waals surface area contributed by atoms with Gasteiger partial charge in [-0.25, -0.2) is 5.84 Å². The minimum Gasteiger partial charge on any atom is -0.353 e. The molecule has 1 aromatic rings. The van der Waals surface area contributed by atoms with Crippen LogP contribution in [0.1, 0.15) is 10.4 Å². The zero-order valence-electron chi connectivity index (χ0n) is 5.63. The molecule has 0 saturated carbocycles. The van der Waals surface area contributed by atoms with Gasteiger partial charge in [0.15, 0.2) is 0 Å². The molecule has 58 valence electrons. The molecular weight excluding hydrogens is 162 g/mol. The van der Waals surface area contributed by atoms with Crippen LogP contribution < -0.4 is 11.3 Å². The third kappa shape index (κ3) is 1.86. The Balaban J connectivity index is 3.05. The summed E-state index contributed by atoms with van der Waals surface area (Å²) in [6.07, 6.45) is 1.59. The van der Waals surface area contributed by atoms with Gasteiger partial charge in [0.1, 0.15) is 4.64 Å². The highest BCUT2D eigenvalue weighted by Crippen LogP contribution is 1.96. The molecule has 0 atom stereocenters. The highest BCUT2D eigenvalue weighted by molar-refractivity contribution is 7.71. The zero-order chi connectivity index (χ0) is 8.27. The number of H-pyrrole nitrogens is 1. The molecule has 1 amide bonds. The molecule has 4 N–H and O–H groups in total. The van der Waals surface area contributed by atoms with Gasteiger partial charge in [-0.2, -0.15) is 0 Å². The van der Waals surface area contributed by atoms with Crippen molar-refractivity contribution in [3.8, 4) is 0 Å². The van der Waals surface area contributed by atoms with Gasteiger partial charge < -0.3 is 4.98 Å². The quantitative estimate of drug-likeness (QED) is 0.246. The Hall–Kier alpha value is -1.20. The summed E-state index contributed by atoms with van der Waals surface area (Å²) < 4.78 is 0.506. The van der Waals surface area contributed by atoms with Crippen LogP contribution in [0.4, 0.5) is 0 Å². The van der Waals surface area contributed by atoms with E-state index in [2.05, 4.69) is 4.98 Å². The van der Waals surface area contributed by atoms with Crippen molar-refractivity contribution >= 4 is 18.1 Å². The molecule has 0 unspecified atom stereocenters. The standard InChI is InChI=1S/C6H7N3OS/c7-9-6(10)4-1-2-8-5(11)3-4/h1-3H,7H2,(H,8,11)(H,9,10). The van der Waals surface area contributed by atoms with E-state index < -0.39 is 0 Å². The van der Waals surface area contributed by atoms with Crippen molar-refractivity contribution in [3.63, 3.8) is 0 Å². The molecule has 0 aromatic carbocycles. The van der Waals surface area contributed by atoms with Gasteiger partial charge >= 0.3 is 0 Å². The second kappa shape index (κ2) is 3.27. The molecule has 1 aromatic heterocycles. The average Bonchev–Trinajstić information content (AvgIpc) is 2.03. The Morgan fingerprint density at radius 1 is 1.73 bits per heavy atom. The molecular formula is C6H7N3OS. The molecule has 0 spiro atoms. The lowest BCUT2D eigenvalue weighted by molar-refractivity contribution is 0.0953. The first-order chi connectivity index (χ1) is 5.24. The molecule has 5 heteroatoms. The normalized spacial score (nSPS) is 9.18. The molecule has 0 aliphatic carbocycles. The third-order valence-corrected chi connectivity index (χ3v) is 1.40. The van der Waals surface area contributed by atoms with E-state index in [1.54, 1.807) is 12.3 Å². The molecule has 0 aliphatic rings. The number of hydrazine groups is 1. The van der Waals surface area contributed by atoms with Crippen molar-refractivity contribution in [2.24, 2.45) is 5.84 Å². The van der Waals surface area contributed by atoms with E-state index in [4.69, 9.17) is 18.1 Å². The van der Waals surface area contributed by atoms with Crippen LogP contribution in [-0.2, 0) is 0 Å². The van der Waals surface area contributed by atoms with Crippen LogP contribution in [0.3, 0.4) is 0 Å². The number of carbonyl (C=O) groups excluding carboxylic acids is 1. The summed E-state index contributed by atoms with van der Waals surface area (Å²) in [5.41, 5.74) is 2.46. The molecule has 0 bridgehead atoms. The van der Waals surface area contributed by atoms with Crippen molar-refractivity contribution in [1.82, 2.24) is 10.4 Å². The average molecular weight is 169 g/mol. The van der Waals surface area contributed by atoms with Crippen molar-refractivity contribution in [2.45, 2.75) is 0 Å². The molecule has 11 heavy (non-hydrogen) atoms. The largest absolute Gasteiger partial charge is 0.353 e. The number of rotatable bonds is 1. The predicted octanol–water partition coefficient (Wildman–Crippen LogP) is 0.348. The SMILES string of the molecule is NNC(=O)c1cc[nH]c(=S)c1. The van der Waals surface area contributed by atoms with Crippen molar-refractivity contribution in [1.29, 1.82) is 0 Å². The number of nitrogen functional groups attached to an aromatic ring is 1. The van der Waals surface area contributed by atoms with Gasteiger partial charge in [-0.1, -0.05) is 12.2 Å². The second-order valence-corrected chi connectivity index (χ2v) is 2.35. The summed E-state index contributed by atoms with van der Waals surface area (Å²) in [6, 6.07) is 3.13. The van der Waals surface area contributed by atoms with Gasteiger partial charge in [-0.15, -0.1) is 0 Å². The Morgan fingerprint density at radius 2 is 2.45 bits per heavy atom. The van der Waals surface area contributed by atoms with Crippen LogP contribution in [-0.4, -0.2) is 10.9 Å². The van der Waals surface area contributed by atoms with E-state index in [1.165, 1.54) is 6.07 Å². The Kier molecular flexibility index (Phi) is 2.35. The summed E-state index contributed by atoms with van der Waals surface area (Å²) in [4.78, 5) is 13.6. The van der Waals surface area contributed by atoms with Gasteiger partial charge in [0.05, 0.1) is 0 Å². The number of pyridine rings is 1. The summed E-state index contributed by atoms with van der Waals surface area (Å²) in [5, 5.41) is 0. The van der Waals surface area contributed by atoms with Crippen LogP contribution in [0.25, 0.3) is 0 Å². The summed E-state index contributed by atoms with van der Waals surface area (Å²) in [5.74, 6) is 4.57. The number of hydrogen-bond donors (Lipinski definition) is 3. The lowest BCUT2D eigenvalue weighted by atomic mass is 10.3. The van der Waals surface area contributed by atoms with Crippen molar-refractivity contribution in [2.75, 3.05) is 0 Å². The number of nitrogens with one attached hydrogen (secondary N) is 2. The molecule has 0 saturated heterocycles. The van der Waals surface area contributed by atoms with Gasteiger partial charge in [0.2, 0.25) is 0 Å². The topological polar surface area (TPSA) is 70.9 Å². The molecule has 0 radical (unpaired) electrons. The Morgan fingerprint density at radius 3 is 3.00 bits per heavy atom. The van der Waals surface area contributed by atoms with Gasteiger partial charge in [-0.3, -0.25) is 10.2 Å². The van der Waals surface area contributed by atoms with Crippen LogP contribution >= 0.6 is 12.2 Å². The fourth-order valence-electron chi connectivity index (χ4n) is 0.669. The van der Waals surface area contributed by atoms with E-state index in [0.717, 1.165) is 0 Å². The molecule has 4 nitrogen and oxygen atoms in total. The summed E-state index contributed by atoms with van der Waals surface area (Å²) in [6.45, 7) is 0.